The van der Waals surface area contributed by atoms with Crippen LogP contribution >= 0.6 is 0 Å². The Labute approximate surface area is 213 Å². The maximum atomic E-state index is 12.8. The fourth-order valence-electron chi connectivity index (χ4n) is 5.08. The lowest BCUT2D eigenvalue weighted by Crippen LogP contribution is -2.41. The number of nitrogens with one attached hydrogen (secondary N) is 1. The zero-order chi connectivity index (χ0) is 24.9. The summed E-state index contributed by atoms with van der Waals surface area (Å²) in [6, 6.07) is 23.0. The van der Waals surface area contributed by atoms with Crippen LogP contribution in [0.15, 0.2) is 79.1 Å². The van der Waals surface area contributed by atoms with Gasteiger partial charge in [-0.05, 0) is 76.2 Å². The van der Waals surface area contributed by atoms with Gasteiger partial charge >= 0.3 is 0 Å². The highest BCUT2D eigenvalue weighted by Crippen LogP contribution is 2.38. The number of nitrogens with zero attached hydrogens (tertiary/aromatic N) is 4. The SMILES string of the molecule is CCN(CC)C(=O)c1ccc(-c2cc(N(c3ccccc3)C3CCNCC3)c3cnccc3n2)cc1. The van der Waals surface area contributed by atoms with Crippen LogP contribution in [0.4, 0.5) is 11.4 Å². The van der Waals surface area contributed by atoms with Crippen molar-refractivity contribution >= 4 is 28.2 Å². The number of piperidine rings is 1. The van der Waals surface area contributed by atoms with Gasteiger partial charge in [0.1, 0.15) is 0 Å². The molecule has 0 atom stereocenters. The van der Waals surface area contributed by atoms with Crippen molar-refractivity contribution in [2.24, 2.45) is 0 Å². The number of hydrogen-bond acceptors (Lipinski definition) is 5. The van der Waals surface area contributed by atoms with Crippen LogP contribution in [0.1, 0.15) is 37.0 Å². The van der Waals surface area contributed by atoms with E-state index >= 15 is 0 Å². The molecule has 3 heterocycles. The molecular formula is C30H33N5O. The van der Waals surface area contributed by atoms with Crippen molar-refractivity contribution in [3.63, 3.8) is 0 Å². The molecule has 0 bridgehead atoms. The Balaban J connectivity index is 1.60. The smallest absolute Gasteiger partial charge is 0.253 e. The van der Waals surface area contributed by atoms with Crippen molar-refractivity contribution < 1.29 is 4.79 Å². The number of hydrogen-bond donors (Lipinski definition) is 1. The van der Waals surface area contributed by atoms with Gasteiger partial charge in [-0.15, -0.1) is 0 Å². The number of carbonyl (C=O) groups excluding carboxylic acids is 1. The zero-order valence-electron chi connectivity index (χ0n) is 21.0. The van der Waals surface area contributed by atoms with Crippen molar-refractivity contribution in [2.45, 2.75) is 32.7 Å². The number of carbonyl (C=O) groups is 1. The first-order valence-electron chi connectivity index (χ1n) is 12.9. The number of amides is 1. The minimum absolute atomic E-state index is 0.0611. The molecule has 0 spiro atoms. The normalized spacial score (nSPS) is 14.1. The summed E-state index contributed by atoms with van der Waals surface area (Å²) in [6.45, 7) is 7.42. The van der Waals surface area contributed by atoms with E-state index in [0.29, 0.717) is 24.7 Å². The lowest BCUT2D eigenvalue weighted by Gasteiger charge is -2.37. The Morgan fingerprint density at radius 3 is 2.39 bits per heavy atom. The van der Waals surface area contributed by atoms with Gasteiger partial charge in [-0.1, -0.05) is 30.3 Å². The molecule has 5 rings (SSSR count). The Morgan fingerprint density at radius 1 is 0.972 bits per heavy atom. The summed E-state index contributed by atoms with van der Waals surface area (Å²) in [6.07, 6.45) is 5.85. The number of benzene rings is 2. The van der Waals surface area contributed by atoms with E-state index in [1.165, 1.54) is 5.69 Å². The molecule has 0 radical (unpaired) electrons. The molecule has 1 amide bonds. The van der Waals surface area contributed by atoms with Crippen LogP contribution in [-0.4, -0.2) is 53.0 Å². The predicted molar refractivity (Wildman–Crippen MR) is 147 cm³/mol. The molecule has 1 aliphatic heterocycles. The third-order valence-electron chi connectivity index (χ3n) is 7.03. The molecule has 1 N–H and O–H groups in total. The van der Waals surface area contributed by atoms with E-state index in [1.54, 1.807) is 6.20 Å². The van der Waals surface area contributed by atoms with Gasteiger partial charge in [0.05, 0.1) is 16.9 Å². The van der Waals surface area contributed by atoms with Crippen LogP contribution < -0.4 is 10.2 Å². The average Bonchev–Trinajstić information content (AvgIpc) is 2.95. The number of rotatable bonds is 7. The fraction of sp³-hybridized carbons (Fsp3) is 0.300. The van der Waals surface area contributed by atoms with Crippen LogP contribution in [-0.2, 0) is 0 Å². The molecule has 6 heteroatoms. The topological polar surface area (TPSA) is 61.4 Å². The highest BCUT2D eigenvalue weighted by molar-refractivity contribution is 5.97. The molecule has 2 aromatic carbocycles. The van der Waals surface area contributed by atoms with Gasteiger partial charge in [-0.3, -0.25) is 9.78 Å². The van der Waals surface area contributed by atoms with Crippen LogP contribution in [0.5, 0.6) is 0 Å². The van der Waals surface area contributed by atoms with Gasteiger partial charge in [0, 0.05) is 53.7 Å². The van der Waals surface area contributed by atoms with E-state index in [-0.39, 0.29) is 5.91 Å². The third kappa shape index (κ3) is 4.82. The van der Waals surface area contributed by atoms with Gasteiger partial charge in [0.25, 0.3) is 5.91 Å². The van der Waals surface area contributed by atoms with E-state index in [9.17, 15) is 4.79 Å². The lowest BCUT2D eigenvalue weighted by atomic mass is 10.0. The molecular weight excluding hydrogens is 446 g/mol. The number of aromatic nitrogens is 2. The second-order valence-electron chi connectivity index (χ2n) is 9.16. The minimum atomic E-state index is 0.0611. The van der Waals surface area contributed by atoms with Crippen molar-refractivity contribution in [2.75, 3.05) is 31.1 Å². The second-order valence-corrected chi connectivity index (χ2v) is 9.16. The van der Waals surface area contributed by atoms with Crippen molar-refractivity contribution in [3.8, 4) is 11.3 Å². The van der Waals surface area contributed by atoms with E-state index < -0.39 is 0 Å². The second kappa shape index (κ2) is 10.9. The van der Waals surface area contributed by atoms with E-state index in [2.05, 4.69) is 51.6 Å². The highest BCUT2D eigenvalue weighted by atomic mass is 16.2. The van der Waals surface area contributed by atoms with Gasteiger partial charge in [0.2, 0.25) is 0 Å². The van der Waals surface area contributed by atoms with E-state index in [0.717, 1.165) is 53.8 Å². The maximum Gasteiger partial charge on any atom is 0.253 e. The molecule has 184 valence electrons. The highest BCUT2D eigenvalue weighted by Gasteiger charge is 2.25. The molecule has 36 heavy (non-hydrogen) atoms. The minimum Gasteiger partial charge on any atom is -0.339 e. The maximum absolute atomic E-state index is 12.8. The molecule has 1 aliphatic rings. The Hall–Kier alpha value is -3.77. The first-order valence-corrected chi connectivity index (χ1v) is 12.9. The summed E-state index contributed by atoms with van der Waals surface area (Å²) in [4.78, 5) is 26.5. The van der Waals surface area contributed by atoms with Gasteiger partial charge < -0.3 is 15.1 Å². The molecule has 1 saturated heterocycles. The van der Waals surface area contributed by atoms with Gasteiger partial charge in [0.15, 0.2) is 0 Å². The average molecular weight is 480 g/mol. The number of fused-ring (bicyclic) bond motifs is 1. The Bertz CT molecular complexity index is 1310. The van der Waals surface area contributed by atoms with E-state index in [1.807, 2.05) is 55.3 Å². The van der Waals surface area contributed by atoms with Crippen molar-refractivity contribution in [1.82, 2.24) is 20.2 Å². The summed E-state index contributed by atoms with van der Waals surface area (Å²) in [7, 11) is 0. The van der Waals surface area contributed by atoms with Crippen molar-refractivity contribution in [1.29, 1.82) is 0 Å². The molecule has 0 saturated carbocycles. The lowest BCUT2D eigenvalue weighted by molar-refractivity contribution is 0.0773. The summed E-state index contributed by atoms with van der Waals surface area (Å²) in [5.74, 6) is 0.0611. The third-order valence-corrected chi connectivity index (χ3v) is 7.03. The quantitative estimate of drug-likeness (QED) is 0.370. The Kier molecular flexibility index (Phi) is 7.23. The van der Waals surface area contributed by atoms with E-state index in [4.69, 9.17) is 4.98 Å². The Morgan fingerprint density at radius 2 is 1.69 bits per heavy atom. The molecule has 2 aromatic heterocycles. The van der Waals surface area contributed by atoms with Crippen LogP contribution in [0.25, 0.3) is 22.2 Å². The standard InChI is InChI=1S/C30H33N5O/c1-3-34(4-2)30(36)23-12-10-22(11-13-23)28-20-29(26-21-32-19-16-27(26)33-28)35(24-8-6-5-7-9-24)25-14-17-31-18-15-25/h5-13,16,19-21,25,31H,3-4,14-15,17-18H2,1-2H3. The van der Waals surface area contributed by atoms with Crippen LogP contribution in [0, 0.1) is 0 Å². The first-order chi connectivity index (χ1) is 17.7. The van der Waals surface area contributed by atoms with Crippen LogP contribution in [0.3, 0.4) is 0 Å². The summed E-state index contributed by atoms with van der Waals surface area (Å²) in [5, 5.41) is 4.53. The number of anilines is 2. The molecule has 0 aliphatic carbocycles. The zero-order valence-corrected chi connectivity index (χ0v) is 21.0. The summed E-state index contributed by atoms with van der Waals surface area (Å²) in [5.41, 5.74) is 5.78. The monoisotopic (exact) mass is 479 g/mol. The molecule has 6 nitrogen and oxygen atoms in total. The molecule has 0 unspecified atom stereocenters. The van der Waals surface area contributed by atoms with Gasteiger partial charge in [-0.25, -0.2) is 4.98 Å². The fourth-order valence-corrected chi connectivity index (χ4v) is 5.08. The number of para-hydroxylation sites is 1. The van der Waals surface area contributed by atoms with Crippen molar-refractivity contribution in [3.05, 3.63) is 84.7 Å². The summed E-state index contributed by atoms with van der Waals surface area (Å²) >= 11 is 0. The largest absolute Gasteiger partial charge is 0.339 e. The number of pyridine rings is 2. The molecule has 4 aromatic rings. The predicted octanol–water partition coefficient (Wildman–Crippen LogP) is 5.67. The van der Waals surface area contributed by atoms with Gasteiger partial charge in [-0.2, -0.15) is 0 Å². The first kappa shape index (κ1) is 23.9. The molecule has 1 fully saturated rings. The van der Waals surface area contributed by atoms with Crippen LogP contribution in [0.2, 0.25) is 0 Å². The summed E-state index contributed by atoms with van der Waals surface area (Å²) < 4.78 is 0.